The smallest absolute Gasteiger partial charge is 0.165 e. The third-order valence-corrected chi connectivity index (χ3v) is 2.73. The molecule has 0 aliphatic rings. The van der Waals surface area contributed by atoms with Crippen molar-refractivity contribution in [2.45, 2.75) is 12.5 Å². The molecule has 0 amide bonds. The van der Waals surface area contributed by atoms with Gasteiger partial charge in [0.05, 0.1) is 6.10 Å². The number of aliphatic hydroxyl groups is 1. The highest BCUT2D eigenvalue weighted by Gasteiger charge is 2.14. The molecule has 0 heterocycles. The molecular weight excluding hydrogens is 228 g/mol. The molecule has 0 fully saturated rings. The number of ketones is 1. The second-order valence-electron chi connectivity index (χ2n) is 4.10. The van der Waals surface area contributed by atoms with Crippen LogP contribution in [0.3, 0.4) is 0 Å². The van der Waals surface area contributed by atoms with Crippen LogP contribution in [-0.2, 0) is 0 Å². The number of rotatable bonds is 4. The van der Waals surface area contributed by atoms with Gasteiger partial charge in [0, 0.05) is 12.0 Å². The molecule has 18 heavy (non-hydrogen) atoms. The molecule has 0 bridgehead atoms. The minimum atomic E-state index is -0.898. The van der Waals surface area contributed by atoms with Crippen LogP contribution in [0.25, 0.3) is 0 Å². The minimum absolute atomic E-state index is 0.00741. The molecule has 0 saturated carbocycles. The van der Waals surface area contributed by atoms with Crippen molar-refractivity contribution in [1.29, 1.82) is 0 Å². The fourth-order valence-electron chi connectivity index (χ4n) is 1.77. The molecule has 0 aromatic heterocycles. The van der Waals surface area contributed by atoms with Crippen LogP contribution in [0.1, 0.15) is 28.4 Å². The van der Waals surface area contributed by atoms with Crippen LogP contribution in [0.2, 0.25) is 0 Å². The van der Waals surface area contributed by atoms with Gasteiger partial charge in [0.2, 0.25) is 0 Å². The number of hydrogen-bond donors (Lipinski definition) is 2. The molecule has 1 unspecified atom stereocenters. The van der Waals surface area contributed by atoms with Crippen LogP contribution in [-0.4, -0.2) is 16.0 Å². The van der Waals surface area contributed by atoms with Gasteiger partial charge in [-0.05, 0) is 17.7 Å². The summed E-state index contributed by atoms with van der Waals surface area (Å²) in [4.78, 5) is 11.9. The standard InChI is InChI=1S/C15H14O3/c16-13-8-4-7-12(9-13)15(18)10-14(17)11-5-2-1-3-6-11/h1-9,15-16,18H,10H2. The number of hydrogen-bond acceptors (Lipinski definition) is 3. The molecule has 0 radical (unpaired) electrons. The molecule has 92 valence electrons. The average molecular weight is 242 g/mol. The maximum absolute atomic E-state index is 11.9. The Morgan fingerprint density at radius 2 is 1.78 bits per heavy atom. The van der Waals surface area contributed by atoms with Gasteiger partial charge in [-0.15, -0.1) is 0 Å². The topological polar surface area (TPSA) is 57.5 Å². The lowest BCUT2D eigenvalue weighted by Gasteiger charge is -2.10. The lowest BCUT2D eigenvalue weighted by Crippen LogP contribution is -2.06. The van der Waals surface area contributed by atoms with Gasteiger partial charge in [0.15, 0.2) is 5.78 Å². The zero-order chi connectivity index (χ0) is 13.0. The Kier molecular flexibility index (Phi) is 3.75. The Morgan fingerprint density at radius 1 is 1.06 bits per heavy atom. The molecule has 3 heteroatoms. The molecule has 2 N–H and O–H groups in total. The van der Waals surface area contributed by atoms with Gasteiger partial charge in [-0.1, -0.05) is 42.5 Å². The third kappa shape index (κ3) is 2.96. The van der Waals surface area contributed by atoms with E-state index in [4.69, 9.17) is 0 Å². The number of phenols is 1. The normalized spacial score (nSPS) is 12.1. The van der Waals surface area contributed by atoms with Crippen molar-refractivity contribution in [3.8, 4) is 5.75 Å². The minimum Gasteiger partial charge on any atom is -0.508 e. The van der Waals surface area contributed by atoms with Gasteiger partial charge >= 0.3 is 0 Å². The third-order valence-electron chi connectivity index (χ3n) is 2.73. The van der Waals surface area contributed by atoms with Gasteiger partial charge in [-0.3, -0.25) is 4.79 Å². The second kappa shape index (κ2) is 5.47. The van der Waals surface area contributed by atoms with Crippen LogP contribution < -0.4 is 0 Å². The first-order chi connectivity index (χ1) is 8.66. The molecular formula is C15H14O3. The summed E-state index contributed by atoms with van der Waals surface area (Å²) in [5, 5.41) is 19.3. The highest BCUT2D eigenvalue weighted by Crippen LogP contribution is 2.22. The lowest BCUT2D eigenvalue weighted by molar-refractivity contribution is 0.0879. The number of benzene rings is 2. The van der Waals surface area contributed by atoms with Crippen molar-refractivity contribution >= 4 is 5.78 Å². The van der Waals surface area contributed by atoms with Gasteiger partial charge in [0.1, 0.15) is 5.75 Å². The van der Waals surface area contributed by atoms with Crippen molar-refractivity contribution in [3.63, 3.8) is 0 Å². The van der Waals surface area contributed by atoms with Crippen LogP contribution in [0.4, 0.5) is 0 Å². The SMILES string of the molecule is O=C(CC(O)c1cccc(O)c1)c1ccccc1. The van der Waals surface area contributed by atoms with E-state index in [0.29, 0.717) is 11.1 Å². The first-order valence-electron chi connectivity index (χ1n) is 5.72. The summed E-state index contributed by atoms with van der Waals surface area (Å²) in [5.41, 5.74) is 1.12. The highest BCUT2D eigenvalue weighted by molar-refractivity contribution is 5.96. The Morgan fingerprint density at radius 3 is 2.44 bits per heavy atom. The maximum atomic E-state index is 11.9. The number of aliphatic hydroxyl groups excluding tert-OH is 1. The summed E-state index contributed by atoms with van der Waals surface area (Å²) >= 11 is 0. The number of phenolic OH excluding ortho intramolecular Hbond substituents is 1. The summed E-state index contributed by atoms with van der Waals surface area (Å²) < 4.78 is 0. The fraction of sp³-hybridized carbons (Fsp3) is 0.133. The molecule has 0 aliphatic carbocycles. The predicted molar refractivity (Wildman–Crippen MR) is 68.5 cm³/mol. The fourth-order valence-corrected chi connectivity index (χ4v) is 1.77. The molecule has 3 nitrogen and oxygen atoms in total. The lowest BCUT2D eigenvalue weighted by atomic mass is 10.0. The summed E-state index contributed by atoms with van der Waals surface area (Å²) in [6.45, 7) is 0. The van der Waals surface area contributed by atoms with E-state index in [0.717, 1.165) is 0 Å². The molecule has 0 aliphatic heterocycles. The first kappa shape index (κ1) is 12.3. The van der Waals surface area contributed by atoms with E-state index in [1.807, 2.05) is 6.07 Å². The number of carbonyl (C=O) groups excluding carboxylic acids is 1. The van der Waals surface area contributed by atoms with E-state index in [1.54, 1.807) is 36.4 Å². The van der Waals surface area contributed by atoms with E-state index in [2.05, 4.69) is 0 Å². The molecule has 2 rings (SSSR count). The Balaban J connectivity index is 2.08. The molecule has 2 aromatic rings. The number of aromatic hydroxyl groups is 1. The zero-order valence-corrected chi connectivity index (χ0v) is 9.78. The van der Waals surface area contributed by atoms with Crippen molar-refractivity contribution in [2.75, 3.05) is 0 Å². The van der Waals surface area contributed by atoms with E-state index in [-0.39, 0.29) is 18.0 Å². The average Bonchev–Trinajstić information content (AvgIpc) is 2.39. The van der Waals surface area contributed by atoms with Crippen LogP contribution in [0.5, 0.6) is 5.75 Å². The highest BCUT2D eigenvalue weighted by atomic mass is 16.3. The maximum Gasteiger partial charge on any atom is 0.165 e. The van der Waals surface area contributed by atoms with Crippen molar-refractivity contribution in [2.24, 2.45) is 0 Å². The van der Waals surface area contributed by atoms with E-state index >= 15 is 0 Å². The molecule has 1 atom stereocenters. The van der Waals surface area contributed by atoms with Crippen LogP contribution in [0.15, 0.2) is 54.6 Å². The molecule has 0 spiro atoms. The van der Waals surface area contributed by atoms with Crippen molar-refractivity contribution < 1.29 is 15.0 Å². The first-order valence-corrected chi connectivity index (χ1v) is 5.72. The summed E-state index contributed by atoms with van der Waals surface area (Å²) in [6.07, 6.45) is -0.891. The van der Waals surface area contributed by atoms with Crippen molar-refractivity contribution in [1.82, 2.24) is 0 Å². The quantitative estimate of drug-likeness (QED) is 0.810. The Labute approximate surface area is 105 Å². The summed E-state index contributed by atoms with van der Waals surface area (Å²) in [6, 6.07) is 15.2. The second-order valence-corrected chi connectivity index (χ2v) is 4.10. The largest absolute Gasteiger partial charge is 0.508 e. The predicted octanol–water partition coefficient (Wildman–Crippen LogP) is 2.70. The Bertz CT molecular complexity index is 534. The van der Waals surface area contributed by atoms with Gasteiger partial charge < -0.3 is 10.2 Å². The zero-order valence-electron chi connectivity index (χ0n) is 9.78. The Hall–Kier alpha value is -2.13. The van der Waals surface area contributed by atoms with Crippen molar-refractivity contribution in [3.05, 3.63) is 65.7 Å². The van der Waals surface area contributed by atoms with Crippen LogP contribution in [0, 0.1) is 0 Å². The van der Waals surface area contributed by atoms with Crippen LogP contribution >= 0.6 is 0 Å². The monoisotopic (exact) mass is 242 g/mol. The van der Waals surface area contributed by atoms with E-state index in [1.165, 1.54) is 12.1 Å². The number of Topliss-reactive ketones (excluding diaryl/α,β-unsaturated/α-hetero) is 1. The summed E-state index contributed by atoms with van der Waals surface area (Å²) in [7, 11) is 0. The van der Waals surface area contributed by atoms with Gasteiger partial charge in [0.25, 0.3) is 0 Å². The molecule has 2 aromatic carbocycles. The van der Waals surface area contributed by atoms with E-state index in [9.17, 15) is 15.0 Å². The summed E-state index contributed by atoms with van der Waals surface area (Å²) in [5.74, 6) is -0.0369. The van der Waals surface area contributed by atoms with E-state index < -0.39 is 6.10 Å². The van der Waals surface area contributed by atoms with Gasteiger partial charge in [-0.2, -0.15) is 0 Å². The van der Waals surface area contributed by atoms with Gasteiger partial charge in [-0.25, -0.2) is 0 Å². The molecule has 0 saturated heterocycles. The number of carbonyl (C=O) groups is 1.